The van der Waals surface area contributed by atoms with E-state index in [0.29, 0.717) is 6.54 Å². The van der Waals surface area contributed by atoms with Crippen LogP contribution in [0.1, 0.15) is 39.2 Å². The van der Waals surface area contributed by atoms with Crippen LogP contribution in [0.5, 0.6) is 0 Å². The molecule has 0 bridgehead atoms. The largest absolute Gasteiger partial charge is 0.351 e. The fraction of sp³-hybridized carbons (Fsp3) is 0.600. The Morgan fingerprint density at radius 2 is 2.35 bits per heavy atom. The van der Waals surface area contributed by atoms with E-state index >= 15 is 0 Å². The highest BCUT2D eigenvalue weighted by atomic mass is 32.2. The zero-order chi connectivity index (χ0) is 14.6. The van der Waals surface area contributed by atoms with Crippen molar-refractivity contribution in [2.24, 2.45) is 0 Å². The first-order valence-corrected chi connectivity index (χ1v) is 7.91. The monoisotopic (exact) mass is 293 g/mol. The van der Waals surface area contributed by atoms with Gasteiger partial charge in [-0.15, -0.1) is 11.8 Å². The Labute approximate surface area is 125 Å². The third-order valence-corrected chi connectivity index (χ3v) is 4.10. The summed E-state index contributed by atoms with van der Waals surface area (Å²) in [6.07, 6.45) is 3.83. The molecule has 110 valence electrons. The van der Waals surface area contributed by atoms with Gasteiger partial charge in [0, 0.05) is 17.5 Å². The lowest BCUT2D eigenvalue weighted by atomic mass is 10.2. The average molecular weight is 293 g/mol. The molecule has 1 aliphatic rings. The van der Waals surface area contributed by atoms with E-state index in [1.807, 2.05) is 12.3 Å². The summed E-state index contributed by atoms with van der Waals surface area (Å²) in [4.78, 5) is 16.3. The van der Waals surface area contributed by atoms with Gasteiger partial charge in [-0.1, -0.05) is 20.8 Å². The van der Waals surface area contributed by atoms with Gasteiger partial charge in [0.15, 0.2) is 0 Å². The minimum atomic E-state index is -0.0137. The molecule has 1 aromatic heterocycles. The second-order valence-electron chi connectivity index (χ2n) is 6.08. The smallest absolute Gasteiger partial charge is 0.237 e. The van der Waals surface area contributed by atoms with Crippen molar-refractivity contribution < 1.29 is 4.79 Å². The summed E-state index contributed by atoms with van der Waals surface area (Å²) in [7, 11) is 0. The van der Waals surface area contributed by atoms with Crippen LogP contribution in [0.2, 0.25) is 0 Å². The Kier molecular flexibility index (Phi) is 5.05. The van der Waals surface area contributed by atoms with Gasteiger partial charge in [0.25, 0.3) is 0 Å². The number of thioether (sulfide) groups is 1. The van der Waals surface area contributed by atoms with Crippen molar-refractivity contribution in [3.63, 3.8) is 0 Å². The van der Waals surface area contributed by atoms with E-state index in [4.69, 9.17) is 0 Å². The number of carbonyl (C=O) groups is 1. The molecule has 2 rings (SSSR count). The molecule has 4 nitrogen and oxygen atoms in total. The number of nitrogens with zero attached hydrogens (tertiary/aromatic N) is 1. The van der Waals surface area contributed by atoms with E-state index in [1.54, 1.807) is 11.8 Å². The summed E-state index contributed by atoms with van der Waals surface area (Å²) in [6, 6.07) is 3.99. The van der Waals surface area contributed by atoms with Gasteiger partial charge in [0.05, 0.1) is 11.1 Å². The van der Waals surface area contributed by atoms with Gasteiger partial charge in [-0.05, 0) is 37.1 Å². The second-order valence-corrected chi connectivity index (χ2v) is 7.93. The third kappa shape index (κ3) is 4.80. The SMILES string of the molecule is CC(C)(C)Sc1cc(CNC(=O)[C@@H]2CCCN2)ccn1. The van der Waals surface area contributed by atoms with E-state index in [2.05, 4.69) is 42.5 Å². The van der Waals surface area contributed by atoms with Crippen LogP contribution in [-0.2, 0) is 11.3 Å². The predicted molar refractivity (Wildman–Crippen MR) is 82.7 cm³/mol. The zero-order valence-electron chi connectivity index (χ0n) is 12.4. The number of rotatable bonds is 4. The van der Waals surface area contributed by atoms with Crippen molar-refractivity contribution in [1.29, 1.82) is 0 Å². The van der Waals surface area contributed by atoms with Crippen LogP contribution in [0.15, 0.2) is 23.4 Å². The minimum Gasteiger partial charge on any atom is -0.351 e. The summed E-state index contributed by atoms with van der Waals surface area (Å²) in [5, 5.41) is 7.20. The van der Waals surface area contributed by atoms with Gasteiger partial charge in [-0.3, -0.25) is 4.79 Å². The Morgan fingerprint density at radius 3 is 3.00 bits per heavy atom. The molecular weight excluding hydrogens is 270 g/mol. The number of pyridine rings is 1. The van der Waals surface area contributed by atoms with Gasteiger partial charge < -0.3 is 10.6 Å². The van der Waals surface area contributed by atoms with Crippen LogP contribution in [-0.4, -0.2) is 28.2 Å². The Morgan fingerprint density at radius 1 is 1.55 bits per heavy atom. The summed E-state index contributed by atoms with van der Waals surface area (Å²) < 4.78 is 0.142. The molecule has 0 aromatic carbocycles. The third-order valence-electron chi connectivity index (χ3n) is 3.05. The minimum absolute atomic E-state index is 0.0137. The second kappa shape index (κ2) is 6.59. The van der Waals surface area contributed by atoms with E-state index < -0.39 is 0 Å². The molecule has 1 fully saturated rings. The molecule has 1 aromatic rings. The van der Waals surface area contributed by atoms with Crippen LogP contribution in [0, 0.1) is 0 Å². The lowest BCUT2D eigenvalue weighted by molar-refractivity contribution is -0.122. The molecule has 1 saturated heterocycles. The van der Waals surface area contributed by atoms with Crippen molar-refractivity contribution in [1.82, 2.24) is 15.6 Å². The molecule has 0 saturated carbocycles. The topological polar surface area (TPSA) is 54.0 Å². The maximum atomic E-state index is 11.9. The molecule has 2 heterocycles. The normalized spacial score (nSPS) is 19.1. The molecule has 0 spiro atoms. The number of hydrogen-bond donors (Lipinski definition) is 2. The molecule has 0 aliphatic carbocycles. The van der Waals surface area contributed by atoms with E-state index in [9.17, 15) is 4.79 Å². The summed E-state index contributed by atoms with van der Waals surface area (Å²) in [6.45, 7) is 8.01. The lowest BCUT2D eigenvalue weighted by Crippen LogP contribution is -2.40. The maximum absolute atomic E-state index is 11.9. The summed E-state index contributed by atoms with van der Waals surface area (Å²) in [5.41, 5.74) is 1.10. The Balaban J connectivity index is 1.89. The molecule has 1 aliphatic heterocycles. The van der Waals surface area contributed by atoms with Crippen molar-refractivity contribution in [3.05, 3.63) is 23.9 Å². The van der Waals surface area contributed by atoms with E-state index in [0.717, 1.165) is 30.0 Å². The molecule has 0 radical (unpaired) electrons. The van der Waals surface area contributed by atoms with Gasteiger partial charge >= 0.3 is 0 Å². The Hall–Kier alpha value is -1.07. The number of nitrogens with one attached hydrogen (secondary N) is 2. The number of aromatic nitrogens is 1. The summed E-state index contributed by atoms with van der Waals surface area (Å²) >= 11 is 1.74. The number of hydrogen-bond acceptors (Lipinski definition) is 4. The highest BCUT2D eigenvalue weighted by Gasteiger charge is 2.21. The molecule has 20 heavy (non-hydrogen) atoms. The first-order chi connectivity index (χ1) is 9.44. The van der Waals surface area contributed by atoms with Gasteiger partial charge in [-0.2, -0.15) is 0 Å². The molecule has 1 atom stereocenters. The van der Waals surface area contributed by atoms with Crippen LogP contribution >= 0.6 is 11.8 Å². The number of carbonyl (C=O) groups excluding carboxylic acids is 1. The Bertz CT molecular complexity index is 464. The predicted octanol–water partition coefficient (Wildman–Crippen LogP) is 2.34. The highest BCUT2D eigenvalue weighted by molar-refractivity contribution is 8.00. The van der Waals surface area contributed by atoms with Gasteiger partial charge in [0.1, 0.15) is 0 Å². The standard InChI is InChI=1S/C15H23N3OS/c1-15(2,3)20-13-9-11(6-8-17-13)10-18-14(19)12-5-4-7-16-12/h6,8-9,12,16H,4-5,7,10H2,1-3H3,(H,18,19)/t12-/m0/s1. The number of amides is 1. The fourth-order valence-corrected chi connectivity index (χ4v) is 3.10. The van der Waals surface area contributed by atoms with E-state index in [-0.39, 0.29) is 16.7 Å². The van der Waals surface area contributed by atoms with Crippen LogP contribution < -0.4 is 10.6 Å². The van der Waals surface area contributed by atoms with Crippen molar-refractivity contribution in [3.8, 4) is 0 Å². The quantitative estimate of drug-likeness (QED) is 0.837. The summed E-state index contributed by atoms with van der Waals surface area (Å²) in [5.74, 6) is 0.101. The average Bonchev–Trinajstić information content (AvgIpc) is 2.88. The van der Waals surface area contributed by atoms with Crippen LogP contribution in [0.4, 0.5) is 0 Å². The molecule has 2 N–H and O–H groups in total. The first kappa shape index (κ1) is 15.3. The van der Waals surface area contributed by atoms with Gasteiger partial charge in [0.2, 0.25) is 5.91 Å². The highest BCUT2D eigenvalue weighted by Crippen LogP contribution is 2.30. The maximum Gasteiger partial charge on any atom is 0.237 e. The van der Waals surface area contributed by atoms with Crippen molar-refractivity contribution in [2.45, 2.75) is 56.0 Å². The van der Waals surface area contributed by atoms with Crippen LogP contribution in [0.3, 0.4) is 0 Å². The van der Waals surface area contributed by atoms with Gasteiger partial charge in [-0.25, -0.2) is 4.98 Å². The molecule has 5 heteroatoms. The lowest BCUT2D eigenvalue weighted by Gasteiger charge is -2.17. The van der Waals surface area contributed by atoms with Crippen molar-refractivity contribution in [2.75, 3.05) is 6.54 Å². The van der Waals surface area contributed by atoms with E-state index in [1.165, 1.54) is 0 Å². The first-order valence-electron chi connectivity index (χ1n) is 7.09. The zero-order valence-corrected chi connectivity index (χ0v) is 13.2. The molecule has 0 unspecified atom stereocenters. The van der Waals surface area contributed by atoms with Crippen LogP contribution in [0.25, 0.3) is 0 Å². The molecular formula is C15H23N3OS. The molecule has 1 amide bonds. The fourth-order valence-electron chi connectivity index (χ4n) is 2.15. The van der Waals surface area contributed by atoms with Crippen molar-refractivity contribution >= 4 is 17.7 Å².